The van der Waals surface area contributed by atoms with Crippen molar-refractivity contribution in [1.82, 2.24) is 9.97 Å². The predicted octanol–water partition coefficient (Wildman–Crippen LogP) is 3.85. The minimum atomic E-state index is -4.48. The van der Waals surface area contributed by atoms with E-state index in [0.717, 1.165) is 18.9 Å². The van der Waals surface area contributed by atoms with E-state index in [4.69, 9.17) is 0 Å². The van der Waals surface area contributed by atoms with Gasteiger partial charge in [-0.05, 0) is 37.5 Å². The summed E-state index contributed by atoms with van der Waals surface area (Å²) >= 11 is 0. The molecule has 2 aromatic rings. The molecule has 21 heavy (non-hydrogen) atoms. The van der Waals surface area contributed by atoms with Crippen molar-refractivity contribution in [3.05, 3.63) is 45.5 Å². The number of halogens is 3. The summed E-state index contributed by atoms with van der Waals surface area (Å²) in [5, 5.41) is 0.181. The van der Waals surface area contributed by atoms with E-state index in [9.17, 15) is 18.0 Å². The van der Waals surface area contributed by atoms with E-state index >= 15 is 0 Å². The smallest absolute Gasteiger partial charge is 0.310 e. The van der Waals surface area contributed by atoms with Crippen LogP contribution in [0, 0.1) is 0 Å². The van der Waals surface area contributed by atoms with Crippen molar-refractivity contribution in [2.75, 3.05) is 0 Å². The maximum absolute atomic E-state index is 13.1. The normalized spacial score (nSPS) is 16.0. The van der Waals surface area contributed by atoms with Gasteiger partial charge in [0, 0.05) is 5.92 Å². The molecule has 1 N–H and O–H groups in total. The fourth-order valence-corrected chi connectivity index (χ4v) is 2.33. The van der Waals surface area contributed by atoms with Gasteiger partial charge in [-0.15, -0.1) is 0 Å². The van der Waals surface area contributed by atoms with Crippen LogP contribution in [0.4, 0.5) is 13.2 Å². The molecule has 0 aliphatic heterocycles. The molecule has 3 rings (SSSR count). The molecule has 1 aliphatic carbocycles. The van der Waals surface area contributed by atoms with Crippen LogP contribution in [-0.2, 0) is 6.18 Å². The molecule has 0 unspecified atom stereocenters. The molecule has 0 spiro atoms. The van der Waals surface area contributed by atoms with Crippen LogP contribution in [0.2, 0.25) is 0 Å². The maximum atomic E-state index is 13.1. The van der Waals surface area contributed by atoms with Gasteiger partial charge in [-0.3, -0.25) is 4.79 Å². The summed E-state index contributed by atoms with van der Waals surface area (Å²) in [4.78, 5) is 18.9. The Morgan fingerprint density at radius 3 is 2.62 bits per heavy atom. The number of hydrogen-bond donors (Lipinski definition) is 1. The van der Waals surface area contributed by atoms with Crippen molar-refractivity contribution in [2.24, 2.45) is 0 Å². The third-order valence-corrected chi connectivity index (χ3v) is 3.51. The standard InChI is InChI=1S/C15H13F3N2O/c1-2-3-9-6-10-12(7-11(9)15(16,17)18)19-13(8-4-5-8)20-14(10)21/h2-3,6-8H,4-5H2,1H3,(H,19,20,21)/b3-2+. The molecule has 1 heterocycles. The van der Waals surface area contributed by atoms with Gasteiger partial charge in [0.05, 0.1) is 16.5 Å². The summed E-state index contributed by atoms with van der Waals surface area (Å²) in [6.07, 6.45) is 0.203. The monoisotopic (exact) mass is 294 g/mol. The van der Waals surface area contributed by atoms with Gasteiger partial charge in [0.1, 0.15) is 5.82 Å². The molecule has 1 aromatic carbocycles. The van der Waals surface area contributed by atoms with E-state index in [-0.39, 0.29) is 27.9 Å². The molecule has 0 bridgehead atoms. The average Bonchev–Trinajstić information content (AvgIpc) is 3.22. The topological polar surface area (TPSA) is 45.8 Å². The number of hydrogen-bond acceptors (Lipinski definition) is 2. The molecule has 1 saturated carbocycles. The summed E-state index contributed by atoms with van der Waals surface area (Å²) in [6.45, 7) is 1.63. The summed E-state index contributed by atoms with van der Waals surface area (Å²) in [5.74, 6) is 0.658. The zero-order valence-electron chi connectivity index (χ0n) is 11.3. The Morgan fingerprint density at radius 1 is 1.33 bits per heavy atom. The fourth-order valence-electron chi connectivity index (χ4n) is 2.33. The second-order valence-electron chi connectivity index (χ2n) is 5.18. The molecule has 0 saturated heterocycles. The number of allylic oxidation sites excluding steroid dienone is 1. The first-order valence-corrected chi connectivity index (χ1v) is 6.68. The lowest BCUT2D eigenvalue weighted by Gasteiger charge is -2.12. The molecule has 110 valence electrons. The number of fused-ring (bicyclic) bond motifs is 1. The summed E-state index contributed by atoms with van der Waals surface area (Å²) in [7, 11) is 0. The minimum absolute atomic E-state index is 0.0241. The quantitative estimate of drug-likeness (QED) is 0.914. The first kappa shape index (κ1) is 13.9. The number of nitrogens with zero attached hydrogens (tertiary/aromatic N) is 1. The lowest BCUT2D eigenvalue weighted by Crippen LogP contribution is -2.14. The highest BCUT2D eigenvalue weighted by Crippen LogP contribution is 2.39. The number of H-pyrrole nitrogens is 1. The van der Waals surface area contributed by atoms with Crippen molar-refractivity contribution in [1.29, 1.82) is 0 Å². The predicted molar refractivity (Wildman–Crippen MR) is 74.0 cm³/mol. The third-order valence-electron chi connectivity index (χ3n) is 3.51. The Balaban J connectivity index is 2.30. The molecule has 1 aromatic heterocycles. The Bertz CT molecular complexity index is 786. The number of aromatic amines is 1. The highest BCUT2D eigenvalue weighted by atomic mass is 19.4. The Kier molecular flexibility index (Phi) is 3.11. The van der Waals surface area contributed by atoms with Crippen molar-refractivity contribution in [2.45, 2.75) is 31.9 Å². The van der Waals surface area contributed by atoms with Crippen LogP contribution in [0.5, 0.6) is 0 Å². The second-order valence-corrected chi connectivity index (χ2v) is 5.18. The maximum Gasteiger partial charge on any atom is 0.417 e. The lowest BCUT2D eigenvalue weighted by atomic mass is 10.0. The molecule has 1 aliphatic rings. The fraction of sp³-hybridized carbons (Fsp3) is 0.333. The van der Waals surface area contributed by atoms with E-state index in [2.05, 4.69) is 9.97 Å². The van der Waals surface area contributed by atoms with E-state index in [1.165, 1.54) is 18.2 Å². The molecular weight excluding hydrogens is 281 g/mol. The first-order chi connectivity index (χ1) is 9.90. The van der Waals surface area contributed by atoms with Gasteiger partial charge in [0.15, 0.2) is 0 Å². The number of rotatable bonds is 2. The molecule has 3 nitrogen and oxygen atoms in total. The Labute approximate surface area is 118 Å². The summed E-state index contributed by atoms with van der Waals surface area (Å²) < 4.78 is 39.4. The lowest BCUT2D eigenvalue weighted by molar-refractivity contribution is -0.137. The van der Waals surface area contributed by atoms with Gasteiger partial charge in [-0.2, -0.15) is 13.2 Å². The van der Waals surface area contributed by atoms with Gasteiger partial charge < -0.3 is 4.98 Å². The SMILES string of the molecule is C/C=C/c1cc2c(=O)[nH]c(C3CC3)nc2cc1C(F)(F)F. The number of alkyl halides is 3. The van der Waals surface area contributed by atoms with Crippen LogP contribution in [-0.4, -0.2) is 9.97 Å². The second kappa shape index (κ2) is 4.72. The zero-order chi connectivity index (χ0) is 15.2. The van der Waals surface area contributed by atoms with Gasteiger partial charge in [-0.25, -0.2) is 4.98 Å². The van der Waals surface area contributed by atoms with E-state index < -0.39 is 11.7 Å². The Morgan fingerprint density at radius 2 is 2.05 bits per heavy atom. The number of benzene rings is 1. The first-order valence-electron chi connectivity index (χ1n) is 6.68. The zero-order valence-corrected chi connectivity index (χ0v) is 11.3. The number of nitrogens with one attached hydrogen (secondary N) is 1. The van der Waals surface area contributed by atoms with E-state index in [1.807, 2.05) is 0 Å². The van der Waals surface area contributed by atoms with Gasteiger partial charge in [-0.1, -0.05) is 12.2 Å². The van der Waals surface area contributed by atoms with Crippen molar-refractivity contribution < 1.29 is 13.2 Å². The molecule has 0 amide bonds. The van der Waals surface area contributed by atoms with E-state index in [0.29, 0.717) is 5.82 Å². The van der Waals surface area contributed by atoms with Gasteiger partial charge in [0.25, 0.3) is 5.56 Å². The highest BCUT2D eigenvalue weighted by Gasteiger charge is 2.34. The van der Waals surface area contributed by atoms with E-state index in [1.54, 1.807) is 6.92 Å². The van der Waals surface area contributed by atoms with Crippen LogP contribution in [0.15, 0.2) is 23.0 Å². The number of aromatic nitrogens is 2. The van der Waals surface area contributed by atoms with Crippen LogP contribution in [0.25, 0.3) is 17.0 Å². The van der Waals surface area contributed by atoms with Gasteiger partial charge >= 0.3 is 6.18 Å². The molecule has 0 radical (unpaired) electrons. The van der Waals surface area contributed by atoms with Crippen molar-refractivity contribution in [3.8, 4) is 0 Å². The molecular formula is C15H13F3N2O. The third kappa shape index (κ3) is 2.57. The summed E-state index contributed by atoms with van der Waals surface area (Å²) in [5.41, 5.74) is -1.08. The van der Waals surface area contributed by atoms with Crippen LogP contribution in [0.3, 0.4) is 0 Å². The largest absolute Gasteiger partial charge is 0.417 e. The Hall–Kier alpha value is -2.11. The summed E-state index contributed by atoms with van der Waals surface area (Å²) in [6, 6.07) is 2.21. The highest BCUT2D eigenvalue weighted by molar-refractivity contribution is 5.82. The minimum Gasteiger partial charge on any atom is -0.310 e. The van der Waals surface area contributed by atoms with Crippen LogP contribution in [0.1, 0.15) is 42.6 Å². The molecule has 1 fully saturated rings. The van der Waals surface area contributed by atoms with Crippen LogP contribution >= 0.6 is 0 Å². The van der Waals surface area contributed by atoms with Crippen molar-refractivity contribution >= 4 is 17.0 Å². The van der Waals surface area contributed by atoms with Crippen molar-refractivity contribution in [3.63, 3.8) is 0 Å². The average molecular weight is 294 g/mol. The molecule has 6 heteroatoms. The van der Waals surface area contributed by atoms with Crippen LogP contribution < -0.4 is 5.56 Å². The van der Waals surface area contributed by atoms with Gasteiger partial charge in [0.2, 0.25) is 0 Å². The molecule has 0 atom stereocenters.